The summed E-state index contributed by atoms with van der Waals surface area (Å²) in [6, 6.07) is 10.5. The lowest BCUT2D eigenvalue weighted by molar-refractivity contribution is 0.0910. The van der Waals surface area contributed by atoms with E-state index in [1.54, 1.807) is 12.1 Å². The normalized spacial score (nSPS) is 11.8. The first-order chi connectivity index (χ1) is 13.5. The summed E-state index contributed by atoms with van der Waals surface area (Å²) in [6.07, 6.45) is 0. The van der Waals surface area contributed by atoms with Crippen molar-refractivity contribution >= 4 is 33.2 Å². The third kappa shape index (κ3) is 5.87. The molecule has 1 amide bonds. The van der Waals surface area contributed by atoms with Gasteiger partial charge in [-0.3, -0.25) is 9.52 Å². The summed E-state index contributed by atoms with van der Waals surface area (Å²) >= 11 is 6.27. The molecular weight excluding hydrogens is 412 g/mol. The molecule has 6 nitrogen and oxygen atoms in total. The van der Waals surface area contributed by atoms with E-state index in [1.807, 2.05) is 27.7 Å². The van der Waals surface area contributed by atoms with Crippen molar-refractivity contribution in [3.63, 3.8) is 0 Å². The zero-order valence-corrected chi connectivity index (χ0v) is 18.8. The van der Waals surface area contributed by atoms with Gasteiger partial charge in [0.25, 0.3) is 15.9 Å². The quantitative estimate of drug-likeness (QED) is 0.632. The maximum atomic E-state index is 12.6. The molecule has 0 aliphatic rings. The molecular formula is C21H27ClN2O4S. The third-order valence-electron chi connectivity index (χ3n) is 4.57. The second-order valence-corrected chi connectivity index (χ2v) is 9.55. The van der Waals surface area contributed by atoms with Crippen molar-refractivity contribution in [3.8, 4) is 5.75 Å². The number of carbonyl (C=O) groups excluding carboxylic acids is 1. The van der Waals surface area contributed by atoms with E-state index < -0.39 is 10.0 Å². The SMILES string of the molecule is COc1ccc(S(=O)(=O)Nc2ccc(C(=O)NC(C(C)C)C(C)C)c(Cl)c2)cc1. The van der Waals surface area contributed by atoms with Gasteiger partial charge < -0.3 is 10.1 Å². The number of hydrogen-bond acceptors (Lipinski definition) is 4. The summed E-state index contributed by atoms with van der Waals surface area (Å²) < 4.78 is 32.6. The van der Waals surface area contributed by atoms with Gasteiger partial charge in [-0.15, -0.1) is 0 Å². The van der Waals surface area contributed by atoms with Gasteiger partial charge in [-0.25, -0.2) is 8.42 Å². The van der Waals surface area contributed by atoms with E-state index in [2.05, 4.69) is 10.0 Å². The number of benzene rings is 2. The zero-order chi connectivity index (χ0) is 21.8. The van der Waals surface area contributed by atoms with Crippen LogP contribution in [0.1, 0.15) is 38.1 Å². The summed E-state index contributed by atoms with van der Waals surface area (Å²) in [5, 5.41) is 3.17. The minimum Gasteiger partial charge on any atom is -0.497 e. The van der Waals surface area contributed by atoms with Gasteiger partial charge in [-0.1, -0.05) is 39.3 Å². The minimum absolute atomic E-state index is 0.00631. The highest BCUT2D eigenvalue weighted by Crippen LogP contribution is 2.25. The van der Waals surface area contributed by atoms with Gasteiger partial charge in [-0.05, 0) is 54.3 Å². The van der Waals surface area contributed by atoms with Gasteiger partial charge in [0.1, 0.15) is 5.75 Å². The van der Waals surface area contributed by atoms with Gasteiger partial charge >= 0.3 is 0 Å². The fraction of sp³-hybridized carbons (Fsp3) is 0.381. The molecule has 0 radical (unpaired) electrons. The third-order valence-corrected chi connectivity index (χ3v) is 6.28. The number of ether oxygens (including phenoxy) is 1. The molecule has 8 heteroatoms. The van der Waals surface area contributed by atoms with E-state index >= 15 is 0 Å². The summed E-state index contributed by atoms with van der Waals surface area (Å²) in [5.74, 6) is 0.817. The predicted octanol–water partition coefficient (Wildman–Crippen LogP) is 4.56. The number of amides is 1. The molecule has 0 unspecified atom stereocenters. The van der Waals surface area contributed by atoms with Crippen LogP contribution < -0.4 is 14.8 Å². The van der Waals surface area contributed by atoms with Crippen LogP contribution in [0.25, 0.3) is 0 Å². The standard InChI is InChI=1S/C21H27ClN2O4S/c1-13(2)20(14(3)4)23-21(25)18-11-6-15(12-19(18)22)24-29(26,27)17-9-7-16(28-5)8-10-17/h6-14,20,24H,1-5H3,(H,23,25). The lowest BCUT2D eigenvalue weighted by atomic mass is 9.93. The second kappa shape index (κ2) is 9.50. The predicted molar refractivity (Wildman–Crippen MR) is 116 cm³/mol. The summed E-state index contributed by atoms with van der Waals surface area (Å²) in [6.45, 7) is 8.18. The van der Waals surface area contributed by atoms with Crippen LogP contribution in [0.5, 0.6) is 5.75 Å². The second-order valence-electron chi connectivity index (χ2n) is 7.46. The molecule has 0 spiro atoms. The van der Waals surface area contributed by atoms with E-state index in [-0.39, 0.29) is 39.4 Å². The average molecular weight is 439 g/mol. The Morgan fingerprint density at radius 3 is 2.07 bits per heavy atom. The Morgan fingerprint density at radius 1 is 1.00 bits per heavy atom. The van der Waals surface area contributed by atoms with Gasteiger partial charge in [0, 0.05) is 6.04 Å². The largest absolute Gasteiger partial charge is 0.497 e. The molecule has 158 valence electrons. The van der Waals surface area contributed by atoms with Crippen LogP contribution in [0.3, 0.4) is 0 Å². The summed E-state index contributed by atoms with van der Waals surface area (Å²) in [7, 11) is -2.29. The Bertz CT molecular complexity index is 949. The van der Waals surface area contributed by atoms with E-state index in [0.29, 0.717) is 11.3 Å². The van der Waals surface area contributed by atoms with Crippen LogP contribution in [0.2, 0.25) is 5.02 Å². The molecule has 2 rings (SSSR count). The molecule has 0 aliphatic carbocycles. The first-order valence-electron chi connectivity index (χ1n) is 9.32. The highest BCUT2D eigenvalue weighted by atomic mass is 35.5. The smallest absolute Gasteiger partial charge is 0.261 e. The fourth-order valence-electron chi connectivity index (χ4n) is 3.06. The lowest BCUT2D eigenvalue weighted by Crippen LogP contribution is -2.42. The van der Waals surface area contributed by atoms with Gasteiger partial charge in [-0.2, -0.15) is 0 Å². The minimum atomic E-state index is -3.79. The number of rotatable bonds is 8. The molecule has 0 bridgehead atoms. The monoisotopic (exact) mass is 438 g/mol. The molecule has 0 fully saturated rings. The molecule has 0 heterocycles. The number of hydrogen-bond donors (Lipinski definition) is 2. The lowest BCUT2D eigenvalue weighted by Gasteiger charge is -2.26. The first-order valence-corrected chi connectivity index (χ1v) is 11.2. The van der Waals surface area contributed by atoms with Gasteiger partial charge in [0.05, 0.1) is 28.3 Å². The van der Waals surface area contributed by atoms with Crippen LogP contribution in [0, 0.1) is 11.8 Å². The Hall–Kier alpha value is -2.25. The van der Waals surface area contributed by atoms with Crippen molar-refractivity contribution in [2.45, 2.75) is 38.6 Å². The number of carbonyl (C=O) groups is 1. The Kier molecular flexibility index (Phi) is 7.54. The van der Waals surface area contributed by atoms with E-state index in [0.717, 1.165) is 0 Å². The highest BCUT2D eigenvalue weighted by Gasteiger charge is 2.22. The van der Waals surface area contributed by atoms with E-state index in [1.165, 1.54) is 37.4 Å². The van der Waals surface area contributed by atoms with Crippen molar-refractivity contribution in [2.24, 2.45) is 11.8 Å². The number of sulfonamides is 1. The van der Waals surface area contributed by atoms with Crippen LogP contribution >= 0.6 is 11.6 Å². The Morgan fingerprint density at radius 2 is 1.59 bits per heavy atom. The number of halogens is 1. The molecule has 2 aromatic carbocycles. The van der Waals surface area contributed by atoms with Crippen molar-refractivity contribution in [1.82, 2.24) is 5.32 Å². The van der Waals surface area contributed by atoms with E-state index in [4.69, 9.17) is 16.3 Å². The van der Waals surface area contributed by atoms with Crippen molar-refractivity contribution in [1.29, 1.82) is 0 Å². The molecule has 0 saturated carbocycles. The number of methoxy groups -OCH3 is 1. The molecule has 0 atom stereocenters. The molecule has 2 aromatic rings. The first kappa shape index (κ1) is 23.0. The maximum Gasteiger partial charge on any atom is 0.261 e. The van der Waals surface area contributed by atoms with Gasteiger partial charge in [0.15, 0.2) is 0 Å². The average Bonchev–Trinajstić information content (AvgIpc) is 2.65. The fourth-order valence-corrected chi connectivity index (χ4v) is 4.38. The van der Waals surface area contributed by atoms with Crippen molar-refractivity contribution in [2.75, 3.05) is 11.8 Å². The van der Waals surface area contributed by atoms with Crippen molar-refractivity contribution < 1.29 is 17.9 Å². The number of nitrogens with one attached hydrogen (secondary N) is 2. The highest BCUT2D eigenvalue weighted by molar-refractivity contribution is 7.92. The van der Waals surface area contributed by atoms with Crippen LogP contribution in [-0.4, -0.2) is 27.5 Å². The van der Waals surface area contributed by atoms with Crippen molar-refractivity contribution in [3.05, 3.63) is 53.1 Å². The Labute approximate surface area is 177 Å². The molecule has 0 aliphatic heterocycles. The molecule has 0 aromatic heterocycles. The van der Waals surface area contributed by atoms with Crippen LogP contribution in [0.15, 0.2) is 47.4 Å². The van der Waals surface area contributed by atoms with Crippen LogP contribution in [0.4, 0.5) is 5.69 Å². The van der Waals surface area contributed by atoms with E-state index in [9.17, 15) is 13.2 Å². The Balaban J connectivity index is 2.19. The molecule has 0 saturated heterocycles. The maximum absolute atomic E-state index is 12.6. The molecule has 2 N–H and O–H groups in total. The van der Waals surface area contributed by atoms with Gasteiger partial charge in [0.2, 0.25) is 0 Å². The topological polar surface area (TPSA) is 84.5 Å². The molecule has 29 heavy (non-hydrogen) atoms. The summed E-state index contributed by atoms with van der Waals surface area (Å²) in [4.78, 5) is 12.7. The zero-order valence-electron chi connectivity index (χ0n) is 17.2. The van der Waals surface area contributed by atoms with Crippen LogP contribution in [-0.2, 0) is 10.0 Å². The summed E-state index contributed by atoms with van der Waals surface area (Å²) in [5.41, 5.74) is 0.567. The number of anilines is 1.